The maximum absolute atomic E-state index is 14.2. The second-order valence-corrected chi connectivity index (χ2v) is 9.48. The number of carbonyl (C=O) groups is 2. The summed E-state index contributed by atoms with van der Waals surface area (Å²) in [5.41, 5.74) is -2.26. The first-order chi connectivity index (χ1) is 16.7. The predicted molar refractivity (Wildman–Crippen MR) is 121 cm³/mol. The van der Waals surface area contributed by atoms with Crippen LogP contribution in [0, 0.1) is 6.92 Å². The normalized spacial score (nSPS) is 20.9. The van der Waals surface area contributed by atoms with Gasteiger partial charge in [-0.2, -0.15) is 13.2 Å². The fourth-order valence-electron chi connectivity index (χ4n) is 3.99. The van der Waals surface area contributed by atoms with E-state index >= 15 is 0 Å². The summed E-state index contributed by atoms with van der Waals surface area (Å²) in [4.78, 5) is 30.3. The summed E-state index contributed by atoms with van der Waals surface area (Å²) in [6.45, 7) is -0.297. The molecular weight excluding hydrogens is 532 g/mol. The number of aryl methyl sites for hydroxylation is 1. The maximum atomic E-state index is 14.2. The largest absolute Gasteiger partial charge is 0.435 e. The highest BCUT2D eigenvalue weighted by Crippen LogP contribution is 2.49. The van der Waals surface area contributed by atoms with Gasteiger partial charge in [-0.3, -0.25) is 9.59 Å². The van der Waals surface area contributed by atoms with E-state index in [2.05, 4.69) is 10.5 Å². The van der Waals surface area contributed by atoms with Gasteiger partial charge in [0, 0.05) is 27.6 Å². The summed E-state index contributed by atoms with van der Waals surface area (Å²) >= 11 is 11.8. The molecule has 0 aromatic heterocycles. The molecule has 0 saturated carbocycles. The Morgan fingerprint density at radius 1 is 1.11 bits per heavy atom. The summed E-state index contributed by atoms with van der Waals surface area (Å²) in [7, 11) is 0. The Kier molecular flexibility index (Phi) is 6.67. The van der Waals surface area contributed by atoms with Gasteiger partial charge in [-0.15, -0.1) is 0 Å². The molecule has 2 aromatic carbocycles. The molecule has 1 atom stereocenters. The van der Waals surface area contributed by atoms with Gasteiger partial charge in [0.25, 0.3) is 17.4 Å². The van der Waals surface area contributed by atoms with Crippen molar-refractivity contribution in [1.82, 2.24) is 10.2 Å². The van der Waals surface area contributed by atoms with Crippen molar-refractivity contribution in [2.75, 3.05) is 19.6 Å². The fraction of sp³-hybridized carbons (Fsp3) is 0.348. The Hall–Kier alpha value is -2.92. The lowest BCUT2D eigenvalue weighted by molar-refractivity contribution is -0.275. The number of likely N-dealkylation sites (tertiary alicyclic amines) is 1. The molecule has 1 unspecified atom stereocenters. The number of halogens is 7. The lowest BCUT2D eigenvalue weighted by atomic mass is 9.86. The summed E-state index contributed by atoms with van der Waals surface area (Å²) in [6.07, 6.45) is -5.51. The number of benzene rings is 2. The molecule has 1 fully saturated rings. The first kappa shape index (κ1) is 26.2. The van der Waals surface area contributed by atoms with Crippen LogP contribution in [0.15, 0.2) is 41.6 Å². The van der Waals surface area contributed by atoms with Crippen LogP contribution in [0.25, 0.3) is 0 Å². The minimum atomic E-state index is -4.85. The minimum absolute atomic E-state index is 0.00527. The van der Waals surface area contributed by atoms with Gasteiger partial charge in [0.2, 0.25) is 5.91 Å². The summed E-state index contributed by atoms with van der Waals surface area (Å²) in [6, 6.07) is 7.76. The average Bonchev–Trinajstić information content (AvgIpc) is 3.22. The second kappa shape index (κ2) is 9.19. The van der Waals surface area contributed by atoms with Crippen molar-refractivity contribution in [2.24, 2.45) is 5.16 Å². The van der Waals surface area contributed by atoms with Gasteiger partial charge in [0.15, 0.2) is 0 Å². The molecule has 36 heavy (non-hydrogen) atoms. The first-order valence-corrected chi connectivity index (χ1v) is 11.3. The van der Waals surface area contributed by atoms with Crippen molar-refractivity contribution in [2.45, 2.75) is 31.0 Å². The fourth-order valence-corrected chi connectivity index (χ4v) is 4.52. The Morgan fingerprint density at radius 2 is 1.75 bits per heavy atom. The van der Waals surface area contributed by atoms with Gasteiger partial charge in [-0.1, -0.05) is 34.4 Å². The lowest BCUT2D eigenvalue weighted by Gasteiger charge is -2.38. The Labute approximate surface area is 212 Å². The smallest absolute Gasteiger partial charge is 0.374 e. The van der Waals surface area contributed by atoms with E-state index in [1.165, 1.54) is 24.3 Å². The van der Waals surface area contributed by atoms with Gasteiger partial charge in [0.05, 0.1) is 25.3 Å². The topological polar surface area (TPSA) is 71.0 Å². The van der Waals surface area contributed by atoms with Gasteiger partial charge >= 0.3 is 6.18 Å². The standard InChI is InChI=1S/C23H18Cl2F5N3O3/c1-12-4-13(2-3-17(12)20(35)31-9-19(34)33-10-21(26,27)11-33)18-8-22(36-32-18,23(28,29)30)14-5-15(24)7-16(25)6-14/h2-7H,8-11H2,1H3,(H,31,35). The minimum Gasteiger partial charge on any atom is -0.374 e. The zero-order valence-electron chi connectivity index (χ0n) is 18.6. The Morgan fingerprint density at radius 3 is 2.31 bits per heavy atom. The summed E-state index contributed by atoms with van der Waals surface area (Å²) in [5.74, 6) is -4.20. The molecule has 2 heterocycles. The van der Waals surface area contributed by atoms with Gasteiger partial charge in [-0.25, -0.2) is 8.78 Å². The number of carbonyl (C=O) groups excluding carboxylic acids is 2. The monoisotopic (exact) mass is 549 g/mol. The van der Waals surface area contributed by atoms with E-state index in [0.717, 1.165) is 17.0 Å². The highest BCUT2D eigenvalue weighted by Gasteiger charge is 2.62. The van der Waals surface area contributed by atoms with Crippen LogP contribution >= 0.6 is 23.2 Å². The molecule has 2 aliphatic rings. The van der Waals surface area contributed by atoms with E-state index < -0.39 is 55.6 Å². The van der Waals surface area contributed by atoms with E-state index in [-0.39, 0.29) is 26.9 Å². The number of hydrogen-bond acceptors (Lipinski definition) is 4. The van der Waals surface area contributed by atoms with E-state index in [1.54, 1.807) is 6.92 Å². The third-order valence-electron chi connectivity index (χ3n) is 5.92. The third-order valence-corrected chi connectivity index (χ3v) is 6.35. The van der Waals surface area contributed by atoms with E-state index in [9.17, 15) is 31.5 Å². The average molecular weight is 550 g/mol. The summed E-state index contributed by atoms with van der Waals surface area (Å²) in [5, 5.41) is 6.06. The highest BCUT2D eigenvalue weighted by atomic mass is 35.5. The van der Waals surface area contributed by atoms with Crippen LogP contribution in [0.4, 0.5) is 22.0 Å². The number of oxime groups is 1. The number of nitrogens with zero attached hydrogens (tertiary/aromatic N) is 2. The van der Waals surface area contributed by atoms with Crippen LogP contribution in [-0.2, 0) is 15.2 Å². The van der Waals surface area contributed by atoms with Crippen LogP contribution < -0.4 is 5.32 Å². The van der Waals surface area contributed by atoms with Gasteiger partial charge < -0.3 is 15.1 Å². The molecule has 2 aromatic rings. The number of alkyl halides is 5. The second-order valence-electron chi connectivity index (χ2n) is 8.61. The molecule has 0 bridgehead atoms. The molecule has 1 N–H and O–H groups in total. The Balaban J connectivity index is 1.48. The molecule has 1 saturated heterocycles. The van der Waals surface area contributed by atoms with E-state index in [0.29, 0.717) is 11.1 Å². The zero-order chi connectivity index (χ0) is 26.5. The molecule has 2 aliphatic heterocycles. The SMILES string of the molecule is Cc1cc(C2=NOC(c3cc(Cl)cc(Cl)c3)(C(F)(F)F)C2)ccc1C(=O)NCC(=O)N1CC(F)(F)C1. The molecule has 2 amide bonds. The van der Waals surface area contributed by atoms with Crippen LogP contribution in [0.3, 0.4) is 0 Å². The quantitative estimate of drug-likeness (QED) is 0.528. The van der Waals surface area contributed by atoms with Crippen LogP contribution in [0.2, 0.25) is 10.0 Å². The Bertz CT molecular complexity index is 1240. The van der Waals surface area contributed by atoms with Crippen LogP contribution in [-0.4, -0.2) is 54.2 Å². The van der Waals surface area contributed by atoms with Crippen molar-refractivity contribution in [1.29, 1.82) is 0 Å². The summed E-state index contributed by atoms with van der Waals surface area (Å²) < 4.78 is 68.3. The van der Waals surface area contributed by atoms with Crippen molar-refractivity contribution >= 4 is 40.7 Å². The van der Waals surface area contributed by atoms with Crippen molar-refractivity contribution in [3.8, 4) is 0 Å². The molecule has 0 aliphatic carbocycles. The number of hydrogen-bond donors (Lipinski definition) is 1. The molecule has 13 heteroatoms. The van der Waals surface area contributed by atoms with Gasteiger partial charge in [0.1, 0.15) is 0 Å². The maximum Gasteiger partial charge on any atom is 0.435 e. The van der Waals surface area contributed by atoms with E-state index in [4.69, 9.17) is 28.0 Å². The highest BCUT2D eigenvalue weighted by molar-refractivity contribution is 6.34. The van der Waals surface area contributed by atoms with Crippen LogP contribution in [0.1, 0.15) is 33.5 Å². The number of rotatable bonds is 5. The zero-order valence-corrected chi connectivity index (χ0v) is 20.1. The van der Waals surface area contributed by atoms with Gasteiger partial charge in [-0.05, 0) is 48.4 Å². The van der Waals surface area contributed by atoms with E-state index in [1.807, 2.05) is 0 Å². The lowest BCUT2D eigenvalue weighted by Crippen LogP contribution is -2.60. The van der Waals surface area contributed by atoms with Crippen molar-refractivity contribution < 1.29 is 36.4 Å². The third kappa shape index (κ3) is 4.99. The molecule has 192 valence electrons. The van der Waals surface area contributed by atoms with Crippen molar-refractivity contribution in [3.05, 3.63) is 68.7 Å². The molecule has 6 nitrogen and oxygen atoms in total. The molecular formula is C23H18Cl2F5N3O3. The molecule has 0 spiro atoms. The number of amides is 2. The van der Waals surface area contributed by atoms with Crippen LogP contribution in [0.5, 0.6) is 0 Å². The predicted octanol–water partition coefficient (Wildman–Crippen LogP) is 5.09. The number of nitrogens with one attached hydrogen (secondary N) is 1. The van der Waals surface area contributed by atoms with Crippen molar-refractivity contribution in [3.63, 3.8) is 0 Å². The first-order valence-electron chi connectivity index (χ1n) is 10.5. The molecule has 0 radical (unpaired) electrons. The molecule has 4 rings (SSSR count).